The molecule has 2 nitrogen and oxygen atoms in total. The monoisotopic (exact) mass is 228 g/mol. The van der Waals surface area contributed by atoms with Gasteiger partial charge in [0.25, 0.3) is 0 Å². The van der Waals surface area contributed by atoms with Crippen LogP contribution >= 0.6 is 0 Å². The van der Waals surface area contributed by atoms with Gasteiger partial charge in [-0.1, -0.05) is 33.6 Å². The second-order valence-corrected chi connectivity index (χ2v) is 6.04. The Bertz CT molecular complexity index is 207. The van der Waals surface area contributed by atoms with E-state index in [0.717, 1.165) is 5.92 Å². The van der Waals surface area contributed by atoms with E-state index in [4.69, 9.17) is 9.47 Å². The van der Waals surface area contributed by atoms with E-state index in [9.17, 15) is 0 Å². The van der Waals surface area contributed by atoms with Crippen LogP contribution in [0.15, 0.2) is 0 Å². The van der Waals surface area contributed by atoms with Gasteiger partial charge in [-0.05, 0) is 39.0 Å². The van der Waals surface area contributed by atoms with Crippen LogP contribution in [0.25, 0.3) is 0 Å². The molecule has 4 atom stereocenters. The van der Waals surface area contributed by atoms with E-state index in [1.165, 1.54) is 19.3 Å². The van der Waals surface area contributed by atoms with Crippen molar-refractivity contribution in [2.45, 2.75) is 78.8 Å². The third-order valence-electron chi connectivity index (χ3n) is 3.37. The summed E-state index contributed by atoms with van der Waals surface area (Å²) in [7, 11) is 0. The molecule has 0 aromatic rings. The van der Waals surface area contributed by atoms with Gasteiger partial charge in [-0.25, -0.2) is 0 Å². The summed E-state index contributed by atoms with van der Waals surface area (Å²) in [6, 6.07) is 0. The van der Waals surface area contributed by atoms with Crippen molar-refractivity contribution in [1.82, 2.24) is 0 Å². The highest BCUT2D eigenvalue weighted by molar-refractivity contribution is 4.88. The minimum Gasteiger partial charge on any atom is -0.344 e. The SMILES string of the molecule is CCCC(C(C)CC)C1OC1OC(C)(C)C. The summed E-state index contributed by atoms with van der Waals surface area (Å²) < 4.78 is 11.6. The number of hydrogen-bond donors (Lipinski definition) is 0. The van der Waals surface area contributed by atoms with Crippen molar-refractivity contribution in [3.63, 3.8) is 0 Å². The Kier molecular flexibility index (Phi) is 4.81. The van der Waals surface area contributed by atoms with Crippen molar-refractivity contribution in [3.8, 4) is 0 Å². The van der Waals surface area contributed by atoms with Crippen LogP contribution < -0.4 is 0 Å². The lowest BCUT2D eigenvalue weighted by Crippen LogP contribution is -2.25. The van der Waals surface area contributed by atoms with Gasteiger partial charge in [0, 0.05) is 0 Å². The molecule has 1 heterocycles. The fraction of sp³-hybridized carbons (Fsp3) is 1.00. The van der Waals surface area contributed by atoms with Gasteiger partial charge in [-0.15, -0.1) is 0 Å². The van der Waals surface area contributed by atoms with Crippen LogP contribution in [0, 0.1) is 11.8 Å². The van der Waals surface area contributed by atoms with Gasteiger partial charge in [-0.2, -0.15) is 0 Å². The first-order chi connectivity index (χ1) is 7.39. The van der Waals surface area contributed by atoms with E-state index in [-0.39, 0.29) is 11.9 Å². The fourth-order valence-electron chi connectivity index (χ4n) is 2.26. The van der Waals surface area contributed by atoms with Crippen molar-refractivity contribution < 1.29 is 9.47 Å². The van der Waals surface area contributed by atoms with Crippen molar-refractivity contribution in [1.29, 1.82) is 0 Å². The van der Waals surface area contributed by atoms with Crippen LogP contribution in [0.5, 0.6) is 0 Å². The molecule has 0 saturated carbocycles. The van der Waals surface area contributed by atoms with Crippen LogP contribution in [-0.4, -0.2) is 18.0 Å². The van der Waals surface area contributed by atoms with Crippen LogP contribution in [0.2, 0.25) is 0 Å². The Morgan fingerprint density at radius 3 is 2.31 bits per heavy atom. The van der Waals surface area contributed by atoms with Crippen LogP contribution in [0.4, 0.5) is 0 Å². The predicted octanol–water partition coefficient (Wildman–Crippen LogP) is 3.99. The zero-order valence-electron chi connectivity index (χ0n) is 11.7. The van der Waals surface area contributed by atoms with Crippen molar-refractivity contribution in [2.75, 3.05) is 0 Å². The maximum Gasteiger partial charge on any atom is 0.185 e. The standard InChI is InChI=1S/C14H28O2/c1-7-9-11(10(3)8-2)12-13(15-12)16-14(4,5)6/h10-13H,7-9H2,1-6H3. The second-order valence-electron chi connectivity index (χ2n) is 6.04. The molecule has 0 aromatic carbocycles. The molecule has 0 bridgehead atoms. The molecule has 0 N–H and O–H groups in total. The minimum atomic E-state index is -0.0916. The van der Waals surface area contributed by atoms with Crippen molar-refractivity contribution in [2.24, 2.45) is 11.8 Å². The first-order valence-corrected chi connectivity index (χ1v) is 6.72. The first-order valence-electron chi connectivity index (χ1n) is 6.72. The van der Waals surface area contributed by atoms with Crippen LogP contribution in [0.1, 0.15) is 60.8 Å². The third-order valence-corrected chi connectivity index (χ3v) is 3.37. The van der Waals surface area contributed by atoms with E-state index in [0.29, 0.717) is 12.0 Å². The molecule has 0 spiro atoms. The molecule has 96 valence electrons. The molecular weight excluding hydrogens is 200 g/mol. The Balaban J connectivity index is 2.44. The van der Waals surface area contributed by atoms with E-state index in [1.807, 2.05) is 0 Å². The summed E-state index contributed by atoms with van der Waals surface area (Å²) in [6.07, 6.45) is 4.10. The van der Waals surface area contributed by atoms with E-state index >= 15 is 0 Å². The molecule has 1 fully saturated rings. The number of rotatable bonds is 6. The lowest BCUT2D eigenvalue weighted by Gasteiger charge is -2.22. The largest absolute Gasteiger partial charge is 0.344 e. The summed E-state index contributed by atoms with van der Waals surface area (Å²) in [5.74, 6) is 1.40. The Morgan fingerprint density at radius 2 is 1.88 bits per heavy atom. The molecular formula is C14H28O2. The average molecular weight is 228 g/mol. The Labute approximate surface area is 101 Å². The maximum atomic E-state index is 5.86. The third kappa shape index (κ3) is 4.06. The molecule has 2 heteroatoms. The first kappa shape index (κ1) is 14.0. The maximum absolute atomic E-state index is 5.86. The molecule has 4 unspecified atom stereocenters. The zero-order chi connectivity index (χ0) is 12.3. The van der Waals surface area contributed by atoms with Crippen LogP contribution in [0.3, 0.4) is 0 Å². The summed E-state index contributed by atoms with van der Waals surface area (Å²) >= 11 is 0. The molecule has 1 rings (SSSR count). The fourth-order valence-corrected chi connectivity index (χ4v) is 2.26. The number of hydrogen-bond acceptors (Lipinski definition) is 2. The van der Waals surface area contributed by atoms with Crippen molar-refractivity contribution >= 4 is 0 Å². The average Bonchev–Trinajstić information content (AvgIpc) is 2.89. The quantitative estimate of drug-likeness (QED) is 0.641. The molecule has 0 radical (unpaired) electrons. The number of epoxide rings is 1. The minimum absolute atomic E-state index is 0.0468. The topological polar surface area (TPSA) is 21.8 Å². The molecule has 0 aromatic heterocycles. The van der Waals surface area contributed by atoms with Gasteiger partial charge in [0.2, 0.25) is 0 Å². The van der Waals surface area contributed by atoms with E-state index in [1.54, 1.807) is 0 Å². The molecule has 16 heavy (non-hydrogen) atoms. The van der Waals surface area contributed by atoms with Gasteiger partial charge in [0.15, 0.2) is 6.29 Å². The van der Waals surface area contributed by atoms with Gasteiger partial charge in [0.1, 0.15) is 6.10 Å². The molecule has 1 aliphatic rings. The molecule has 0 amide bonds. The highest BCUT2D eigenvalue weighted by Gasteiger charge is 2.48. The van der Waals surface area contributed by atoms with Crippen molar-refractivity contribution in [3.05, 3.63) is 0 Å². The highest BCUT2D eigenvalue weighted by atomic mass is 16.8. The molecule has 1 saturated heterocycles. The summed E-state index contributed by atoms with van der Waals surface area (Å²) in [6.45, 7) is 13.1. The Morgan fingerprint density at radius 1 is 1.25 bits per heavy atom. The smallest absolute Gasteiger partial charge is 0.185 e. The van der Waals surface area contributed by atoms with Gasteiger partial charge >= 0.3 is 0 Å². The lowest BCUT2D eigenvalue weighted by molar-refractivity contribution is -0.0573. The predicted molar refractivity (Wildman–Crippen MR) is 67.4 cm³/mol. The van der Waals surface area contributed by atoms with Crippen LogP contribution in [-0.2, 0) is 9.47 Å². The summed E-state index contributed by atoms with van der Waals surface area (Å²) in [4.78, 5) is 0. The van der Waals surface area contributed by atoms with Gasteiger partial charge in [0.05, 0.1) is 5.60 Å². The number of ether oxygens (including phenoxy) is 2. The van der Waals surface area contributed by atoms with Gasteiger partial charge in [-0.3, -0.25) is 0 Å². The Hall–Kier alpha value is -0.0800. The molecule has 1 aliphatic heterocycles. The molecule has 0 aliphatic carbocycles. The van der Waals surface area contributed by atoms with E-state index in [2.05, 4.69) is 41.5 Å². The van der Waals surface area contributed by atoms with E-state index < -0.39 is 0 Å². The zero-order valence-corrected chi connectivity index (χ0v) is 11.7. The van der Waals surface area contributed by atoms with Gasteiger partial charge < -0.3 is 9.47 Å². The summed E-state index contributed by atoms with van der Waals surface area (Å²) in [5, 5.41) is 0. The lowest BCUT2D eigenvalue weighted by atomic mass is 9.85. The second kappa shape index (κ2) is 5.50. The highest BCUT2D eigenvalue weighted by Crippen LogP contribution is 2.40. The summed E-state index contributed by atoms with van der Waals surface area (Å²) in [5.41, 5.74) is -0.0916. The normalized spacial score (nSPS) is 28.9.